The molecule has 4 nitrogen and oxygen atoms in total. The van der Waals surface area contributed by atoms with E-state index in [1.54, 1.807) is 32.0 Å². The van der Waals surface area contributed by atoms with Crippen molar-refractivity contribution in [3.8, 4) is 5.69 Å². The molecule has 1 aromatic heterocycles. The number of benzene rings is 1. The highest BCUT2D eigenvalue weighted by Gasteiger charge is 2.39. The summed E-state index contributed by atoms with van der Waals surface area (Å²) in [5.41, 5.74) is -0.628. The lowest BCUT2D eigenvalue weighted by Gasteiger charge is -2.07. The van der Waals surface area contributed by atoms with Crippen molar-refractivity contribution in [1.29, 1.82) is 0 Å². The SMILES string of the molecule is CCC(C)n1nc(C(F)(F)F)n(-c2ccccc2)c1=O. The number of rotatable bonds is 3. The van der Waals surface area contributed by atoms with Crippen LogP contribution in [0.2, 0.25) is 0 Å². The second-order valence-corrected chi connectivity index (χ2v) is 4.48. The van der Waals surface area contributed by atoms with Gasteiger partial charge in [-0.3, -0.25) is 0 Å². The maximum Gasteiger partial charge on any atom is 0.452 e. The number of para-hydroxylation sites is 1. The third kappa shape index (κ3) is 2.48. The average molecular weight is 285 g/mol. The summed E-state index contributed by atoms with van der Waals surface area (Å²) in [6, 6.07) is 7.30. The largest absolute Gasteiger partial charge is 0.452 e. The van der Waals surface area contributed by atoms with Crippen molar-refractivity contribution >= 4 is 0 Å². The Kier molecular flexibility index (Phi) is 3.69. The first-order valence-electron chi connectivity index (χ1n) is 6.20. The lowest BCUT2D eigenvalue weighted by molar-refractivity contribution is -0.146. The Morgan fingerprint density at radius 1 is 1.25 bits per heavy atom. The van der Waals surface area contributed by atoms with Crippen LogP contribution >= 0.6 is 0 Å². The number of hydrogen-bond acceptors (Lipinski definition) is 2. The number of nitrogens with zero attached hydrogens (tertiary/aromatic N) is 3. The molecule has 0 fully saturated rings. The summed E-state index contributed by atoms with van der Waals surface area (Å²) in [4.78, 5) is 12.2. The molecule has 0 bridgehead atoms. The maximum absolute atomic E-state index is 13.1. The second-order valence-electron chi connectivity index (χ2n) is 4.48. The molecule has 20 heavy (non-hydrogen) atoms. The zero-order valence-electron chi connectivity index (χ0n) is 11.1. The molecule has 1 aromatic carbocycles. The zero-order valence-corrected chi connectivity index (χ0v) is 11.1. The summed E-state index contributed by atoms with van der Waals surface area (Å²) in [6.45, 7) is 3.44. The van der Waals surface area contributed by atoms with E-state index >= 15 is 0 Å². The topological polar surface area (TPSA) is 39.8 Å². The van der Waals surface area contributed by atoms with Crippen molar-refractivity contribution in [3.05, 3.63) is 46.6 Å². The van der Waals surface area contributed by atoms with Crippen LogP contribution in [-0.2, 0) is 6.18 Å². The van der Waals surface area contributed by atoms with Gasteiger partial charge < -0.3 is 0 Å². The molecule has 0 aliphatic rings. The summed E-state index contributed by atoms with van der Waals surface area (Å²) in [5, 5.41) is 3.47. The van der Waals surface area contributed by atoms with Gasteiger partial charge >= 0.3 is 11.9 Å². The van der Waals surface area contributed by atoms with Gasteiger partial charge in [0.15, 0.2) is 0 Å². The van der Waals surface area contributed by atoms with Gasteiger partial charge in [0.2, 0.25) is 5.82 Å². The average Bonchev–Trinajstić information content (AvgIpc) is 2.76. The number of hydrogen-bond donors (Lipinski definition) is 0. The summed E-state index contributed by atoms with van der Waals surface area (Å²) in [7, 11) is 0. The van der Waals surface area contributed by atoms with Gasteiger partial charge in [-0.05, 0) is 25.5 Å². The molecule has 0 radical (unpaired) electrons. The Morgan fingerprint density at radius 2 is 1.85 bits per heavy atom. The summed E-state index contributed by atoms with van der Waals surface area (Å²) in [5.74, 6) is -1.20. The lowest BCUT2D eigenvalue weighted by atomic mass is 10.3. The van der Waals surface area contributed by atoms with Crippen molar-refractivity contribution in [3.63, 3.8) is 0 Å². The first-order chi connectivity index (χ1) is 9.36. The molecule has 7 heteroatoms. The number of aromatic nitrogens is 3. The monoisotopic (exact) mass is 285 g/mol. The van der Waals surface area contributed by atoms with Gasteiger partial charge in [0.25, 0.3) is 0 Å². The van der Waals surface area contributed by atoms with Crippen molar-refractivity contribution in [2.24, 2.45) is 0 Å². The third-order valence-corrected chi connectivity index (χ3v) is 3.08. The van der Waals surface area contributed by atoms with Crippen LogP contribution in [0.15, 0.2) is 35.1 Å². The molecular formula is C13H14F3N3O. The quantitative estimate of drug-likeness (QED) is 0.869. The molecule has 108 valence electrons. The zero-order chi connectivity index (χ0) is 14.9. The van der Waals surface area contributed by atoms with Gasteiger partial charge in [0.05, 0.1) is 11.7 Å². The van der Waals surface area contributed by atoms with E-state index in [1.165, 1.54) is 12.1 Å². The molecule has 2 aromatic rings. The maximum atomic E-state index is 13.1. The molecule has 1 heterocycles. The van der Waals surface area contributed by atoms with Crippen LogP contribution in [0, 0.1) is 0 Å². The number of halogens is 3. The molecule has 0 N–H and O–H groups in total. The Morgan fingerprint density at radius 3 is 2.35 bits per heavy atom. The Balaban J connectivity index is 2.72. The van der Waals surface area contributed by atoms with Crippen LogP contribution < -0.4 is 5.69 Å². The smallest absolute Gasteiger partial charge is 0.246 e. The third-order valence-electron chi connectivity index (χ3n) is 3.08. The van der Waals surface area contributed by atoms with Crippen molar-refractivity contribution in [2.75, 3.05) is 0 Å². The van der Waals surface area contributed by atoms with E-state index in [4.69, 9.17) is 0 Å². The summed E-state index contributed by atoms with van der Waals surface area (Å²) >= 11 is 0. The molecule has 1 atom stereocenters. The molecule has 1 unspecified atom stereocenters. The highest BCUT2D eigenvalue weighted by atomic mass is 19.4. The van der Waals surface area contributed by atoms with Gasteiger partial charge in [-0.1, -0.05) is 25.1 Å². The van der Waals surface area contributed by atoms with Gasteiger partial charge in [-0.2, -0.15) is 13.2 Å². The molecule has 0 amide bonds. The Hall–Kier alpha value is -2.05. The molecule has 0 aliphatic heterocycles. The van der Waals surface area contributed by atoms with E-state index in [9.17, 15) is 18.0 Å². The standard InChI is InChI=1S/C13H14F3N3O/c1-3-9(2)19-12(20)18(10-7-5-4-6-8-10)11(17-19)13(14,15)16/h4-9H,3H2,1-2H3. The highest BCUT2D eigenvalue weighted by molar-refractivity contribution is 5.32. The fraction of sp³-hybridized carbons (Fsp3) is 0.385. The minimum absolute atomic E-state index is 0.152. The van der Waals surface area contributed by atoms with E-state index in [-0.39, 0.29) is 5.69 Å². The van der Waals surface area contributed by atoms with E-state index in [2.05, 4.69) is 5.10 Å². The van der Waals surface area contributed by atoms with E-state index in [1.807, 2.05) is 0 Å². The van der Waals surface area contributed by atoms with Gasteiger partial charge in [0, 0.05) is 0 Å². The number of alkyl halides is 3. The molecule has 2 rings (SSSR count). The fourth-order valence-corrected chi connectivity index (χ4v) is 1.84. The molecular weight excluding hydrogens is 271 g/mol. The van der Waals surface area contributed by atoms with Crippen LogP contribution in [0.5, 0.6) is 0 Å². The Bertz CT molecular complexity index is 643. The van der Waals surface area contributed by atoms with E-state index < -0.39 is 23.7 Å². The molecule has 0 aliphatic carbocycles. The normalized spacial score (nSPS) is 13.4. The predicted octanol–water partition coefficient (Wildman–Crippen LogP) is 3.02. The van der Waals surface area contributed by atoms with Crippen LogP contribution in [0.25, 0.3) is 5.69 Å². The van der Waals surface area contributed by atoms with Crippen LogP contribution in [0.1, 0.15) is 32.1 Å². The highest BCUT2D eigenvalue weighted by Crippen LogP contribution is 2.28. The first kappa shape index (κ1) is 14.4. The van der Waals surface area contributed by atoms with Crippen LogP contribution in [0.4, 0.5) is 13.2 Å². The second kappa shape index (κ2) is 5.15. The van der Waals surface area contributed by atoms with Crippen LogP contribution in [-0.4, -0.2) is 14.3 Å². The van der Waals surface area contributed by atoms with Crippen molar-refractivity contribution in [1.82, 2.24) is 14.3 Å². The van der Waals surface area contributed by atoms with Gasteiger partial charge in [0.1, 0.15) is 0 Å². The molecule has 0 saturated heterocycles. The van der Waals surface area contributed by atoms with Gasteiger partial charge in [-0.25, -0.2) is 14.0 Å². The minimum Gasteiger partial charge on any atom is -0.246 e. The van der Waals surface area contributed by atoms with Crippen LogP contribution in [0.3, 0.4) is 0 Å². The lowest BCUT2D eigenvalue weighted by Crippen LogP contribution is -2.27. The molecule has 0 spiro atoms. The predicted molar refractivity (Wildman–Crippen MR) is 67.8 cm³/mol. The fourth-order valence-electron chi connectivity index (χ4n) is 1.84. The van der Waals surface area contributed by atoms with E-state index in [0.717, 1.165) is 4.68 Å². The minimum atomic E-state index is -4.69. The first-order valence-corrected chi connectivity index (χ1v) is 6.20. The van der Waals surface area contributed by atoms with Crippen molar-refractivity contribution in [2.45, 2.75) is 32.5 Å². The van der Waals surface area contributed by atoms with Gasteiger partial charge in [-0.15, -0.1) is 5.10 Å². The van der Waals surface area contributed by atoms with Crippen molar-refractivity contribution < 1.29 is 13.2 Å². The Labute approximate surface area is 113 Å². The molecule has 0 saturated carbocycles. The summed E-state index contributed by atoms with van der Waals surface area (Å²) < 4.78 is 40.7. The van der Waals surface area contributed by atoms with E-state index in [0.29, 0.717) is 11.0 Å². The summed E-state index contributed by atoms with van der Waals surface area (Å²) in [6.07, 6.45) is -4.17.